The molecule has 1 fully saturated rings. The number of hydrogen-bond acceptors (Lipinski definition) is 3. The zero-order chi connectivity index (χ0) is 13.7. The summed E-state index contributed by atoms with van der Waals surface area (Å²) in [6.07, 6.45) is 0.797. The van der Waals surface area contributed by atoms with Crippen LogP contribution in [0.25, 0.3) is 0 Å². The predicted molar refractivity (Wildman–Crippen MR) is 76.3 cm³/mol. The Morgan fingerprint density at radius 3 is 2.60 bits per heavy atom. The van der Waals surface area contributed by atoms with Crippen LogP contribution in [-0.4, -0.2) is 31.4 Å². The van der Waals surface area contributed by atoms with Gasteiger partial charge in [-0.15, -0.1) is 12.4 Å². The Balaban J connectivity index is 0.00000200. The van der Waals surface area contributed by atoms with Gasteiger partial charge in [0.1, 0.15) is 5.82 Å². The van der Waals surface area contributed by atoms with E-state index in [0.717, 1.165) is 13.0 Å². The Labute approximate surface area is 122 Å². The van der Waals surface area contributed by atoms with E-state index in [9.17, 15) is 14.0 Å². The highest BCUT2D eigenvalue weighted by molar-refractivity contribution is 5.94. The van der Waals surface area contributed by atoms with E-state index in [-0.39, 0.29) is 42.5 Å². The monoisotopic (exact) mass is 301 g/mol. The Kier molecular flexibility index (Phi) is 6.41. The van der Waals surface area contributed by atoms with Gasteiger partial charge in [-0.2, -0.15) is 0 Å². The third kappa shape index (κ3) is 4.79. The molecular weight excluding hydrogens is 285 g/mol. The third-order valence-corrected chi connectivity index (χ3v) is 2.98. The second-order valence-electron chi connectivity index (χ2n) is 4.46. The SMILES string of the molecule is Cl.O=C(CNC(=O)C1CCNC1)Nc1ccc(F)cc1. The van der Waals surface area contributed by atoms with Crippen molar-refractivity contribution in [1.82, 2.24) is 10.6 Å². The number of carbonyl (C=O) groups is 2. The van der Waals surface area contributed by atoms with Crippen molar-refractivity contribution in [2.75, 3.05) is 25.0 Å². The maximum atomic E-state index is 12.7. The standard InChI is InChI=1S/C13H16FN3O2.ClH/c14-10-1-3-11(4-2-10)17-12(18)8-16-13(19)9-5-6-15-7-9;/h1-4,9,15H,5-8H2,(H,16,19)(H,17,18);1H. The number of carbonyl (C=O) groups excluding carboxylic acids is 2. The minimum absolute atomic E-state index is 0. The lowest BCUT2D eigenvalue weighted by molar-refractivity contribution is -0.126. The highest BCUT2D eigenvalue weighted by atomic mass is 35.5. The predicted octanol–water partition coefficient (Wildman–Crippen LogP) is 0.912. The number of anilines is 1. The first kappa shape index (κ1) is 16.4. The number of halogens is 2. The number of benzene rings is 1. The molecule has 0 aromatic heterocycles. The second kappa shape index (κ2) is 7.81. The zero-order valence-electron chi connectivity index (χ0n) is 10.8. The van der Waals surface area contributed by atoms with Gasteiger partial charge in [0, 0.05) is 12.2 Å². The molecule has 110 valence electrons. The summed E-state index contributed by atoms with van der Waals surface area (Å²) in [5.41, 5.74) is 0.503. The van der Waals surface area contributed by atoms with Gasteiger partial charge in [-0.05, 0) is 37.2 Å². The van der Waals surface area contributed by atoms with Crippen molar-refractivity contribution in [1.29, 1.82) is 0 Å². The van der Waals surface area contributed by atoms with Gasteiger partial charge in [0.15, 0.2) is 0 Å². The summed E-state index contributed by atoms with van der Waals surface area (Å²) in [5, 5.41) is 8.26. The van der Waals surface area contributed by atoms with Crippen molar-refractivity contribution in [3.63, 3.8) is 0 Å². The molecule has 1 aliphatic heterocycles. The molecule has 2 rings (SSSR count). The fourth-order valence-corrected chi connectivity index (χ4v) is 1.93. The van der Waals surface area contributed by atoms with E-state index in [2.05, 4.69) is 16.0 Å². The summed E-state index contributed by atoms with van der Waals surface area (Å²) < 4.78 is 12.7. The second-order valence-corrected chi connectivity index (χ2v) is 4.46. The molecule has 5 nitrogen and oxygen atoms in total. The Hall–Kier alpha value is -1.66. The summed E-state index contributed by atoms with van der Waals surface area (Å²) in [4.78, 5) is 23.2. The number of rotatable bonds is 4. The van der Waals surface area contributed by atoms with E-state index in [0.29, 0.717) is 12.2 Å². The molecular formula is C13H17ClFN3O2. The van der Waals surface area contributed by atoms with Crippen LogP contribution in [0, 0.1) is 11.7 Å². The molecule has 20 heavy (non-hydrogen) atoms. The molecule has 0 aliphatic carbocycles. The average Bonchev–Trinajstić information content (AvgIpc) is 2.93. The van der Waals surface area contributed by atoms with E-state index in [1.807, 2.05) is 0 Å². The first-order valence-corrected chi connectivity index (χ1v) is 6.19. The molecule has 1 aromatic rings. The lowest BCUT2D eigenvalue weighted by Crippen LogP contribution is -2.37. The fraction of sp³-hybridized carbons (Fsp3) is 0.385. The third-order valence-electron chi connectivity index (χ3n) is 2.98. The molecule has 1 heterocycles. The van der Waals surface area contributed by atoms with Crippen LogP contribution in [0.3, 0.4) is 0 Å². The topological polar surface area (TPSA) is 70.2 Å². The van der Waals surface area contributed by atoms with Gasteiger partial charge >= 0.3 is 0 Å². The van der Waals surface area contributed by atoms with Gasteiger partial charge in [0.05, 0.1) is 12.5 Å². The Bertz CT molecular complexity index is 461. The van der Waals surface area contributed by atoms with Crippen LogP contribution >= 0.6 is 12.4 Å². The molecule has 1 atom stereocenters. The molecule has 2 amide bonds. The van der Waals surface area contributed by atoms with Gasteiger partial charge < -0.3 is 16.0 Å². The lowest BCUT2D eigenvalue weighted by atomic mass is 10.1. The van der Waals surface area contributed by atoms with Crippen LogP contribution in [-0.2, 0) is 9.59 Å². The maximum Gasteiger partial charge on any atom is 0.243 e. The van der Waals surface area contributed by atoms with Crippen LogP contribution < -0.4 is 16.0 Å². The average molecular weight is 302 g/mol. The highest BCUT2D eigenvalue weighted by Crippen LogP contribution is 2.08. The Morgan fingerprint density at radius 1 is 1.30 bits per heavy atom. The quantitative estimate of drug-likeness (QED) is 0.774. The van der Waals surface area contributed by atoms with E-state index >= 15 is 0 Å². The summed E-state index contributed by atoms with van der Waals surface area (Å²) in [7, 11) is 0. The van der Waals surface area contributed by atoms with E-state index in [4.69, 9.17) is 0 Å². The fourth-order valence-electron chi connectivity index (χ4n) is 1.93. The van der Waals surface area contributed by atoms with Crippen LogP contribution in [0.5, 0.6) is 0 Å². The molecule has 1 saturated heterocycles. The molecule has 1 unspecified atom stereocenters. The van der Waals surface area contributed by atoms with Gasteiger partial charge in [-0.3, -0.25) is 9.59 Å². The number of amides is 2. The number of nitrogens with one attached hydrogen (secondary N) is 3. The summed E-state index contributed by atoms with van der Waals surface area (Å²) >= 11 is 0. The Morgan fingerprint density at radius 2 is 2.00 bits per heavy atom. The van der Waals surface area contributed by atoms with Gasteiger partial charge in [-0.1, -0.05) is 0 Å². The lowest BCUT2D eigenvalue weighted by Gasteiger charge is -2.10. The van der Waals surface area contributed by atoms with Crippen molar-refractivity contribution in [2.24, 2.45) is 5.92 Å². The van der Waals surface area contributed by atoms with Crippen molar-refractivity contribution in [3.05, 3.63) is 30.1 Å². The highest BCUT2D eigenvalue weighted by Gasteiger charge is 2.22. The maximum absolute atomic E-state index is 12.7. The first-order chi connectivity index (χ1) is 9.15. The molecule has 1 aliphatic rings. The van der Waals surface area contributed by atoms with Crippen LogP contribution in [0.4, 0.5) is 10.1 Å². The largest absolute Gasteiger partial charge is 0.347 e. The van der Waals surface area contributed by atoms with Crippen LogP contribution in [0.15, 0.2) is 24.3 Å². The summed E-state index contributed by atoms with van der Waals surface area (Å²) in [5.74, 6) is -0.858. The molecule has 7 heteroatoms. The molecule has 0 spiro atoms. The number of hydrogen-bond donors (Lipinski definition) is 3. The molecule has 3 N–H and O–H groups in total. The van der Waals surface area contributed by atoms with Crippen LogP contribution in [0.2, 0.25) is 0 Å². The van der Waals surface area contributed by atoms with Crippen molar-refractivity contribution < 1.29 is 14.0 Å². The van der Waals surface area contributed by atoms with Crippen LogP contribution in [0.1, 0.15) is 6.42 Å². The zero-order valence-corrected chi connectivity index (χ0v) is 11.6. The van der Waals surface area contributed by atoms with Crippen molar-refractivity contribution >= 4 is 29.9 Å². The van der Waals surface area contributed by atoms with Gasteiger partial charge in [0.25, 0.3) is 0 Å². The van der Waals surface area contributed by atoms with Crippen molar-refractivity contribution in [3.8, 4) is 0 Å². The van der Waals surface area contributed by atoms with E-state index in [1.165, 1.54) is 24.3 Å². The molecule has 0 bridgehead atoms. The van der Waals surface area contributed by atoms with Gasteiger partial charge in [-0.25, -0.2) is 4.39 Å². The minimum atomic E-state index is -0.361. The smallest absolute Gasteiger partial charge is 0.243 e. The van der Waals surface area contributed by atoms with E-state index < -0.39 is 0 Å². The van der Waals surface area contributed by atoms with Gasteiger partial charge in [0.2, 0.25) is 11.8 Å². The molecule has 0 radical (unpaired) electrons. The summed E-state index contributed by atoms with van der Waals surface area (Å²) in [6.45, 7) is 1.41. The molecule has 0 saturated carbocycles. The first-order valence-electron chi connectivity index (χ1n) is 6.19. The summed E-state index contributed by atoms with van der Waals surface area (Å²) in [6, 6.07) is 5.46. The molecule has 1 aromatic carbocycles. The van der Waals surface area contributed by atoms with Crippen molar-refractivity contribution in [2.45, 2.75) is 6.42 Å². The van der Waals surface area contributed by atoms with E-state index in [1.54, 1.807) is 0 Å². The minimum Gasteiger partial charge on any atom is -0.347 e. The normalized spacial score (nSPS) is 17.1.